The van der Waals surface area contributed by atoms with Crippen LogP contribution in [-0.2, 0) is 15.0 Å². The molecule has 0 radical (unpaired) electrons. The number of allylic oxidation sites excluding steroid dienone is 4. The number of anilines is 1. The number of hydrogen-bond donors (Lipinski definition) is 4. The summed E-state index contributed by atoms with van der Waals surface area (Å²) in [6.07, 6.45) is 5.79. The van der Waals surface area contributed by atoms with Crippen molar-refractivity contribution in [3.05, 3.63) is 63.9 Å². The van der Waals surface area contributed by atoms with Gasteiger partial charge in [0, 0.05) is 23.0 Å². The van der Waals surface area contributed by atoms with Crippen molar-refractivity contribution >= 4 is 40.7 Å². The van der Waals surface area contributed by atoms with E-state index in [2.05, 4.69) is 22.5 Å². The van der Waals surface area contributed by atoms with Gasteiger partial charge in [0.15, 0.2) is 5.82 Å². The predicted molar refractivity (Wildman–Crippen MR) is 150 cm³/mol. The highest BCUT2D eigenvalue weighted by Gasteiger charge is 2.66. The van der Waals surface area contributed by atoms with Gasteiger partial charge in [-0.3, -0.25) is 9.59 Å². The van der Waals surface area contributed by atoms with Gasteiger partial charge in [0.05, 0.1) is 22.4 Å². The fourth-order valence-electron chi connectivity index (χ4n) is 6.32. The summed E-state index contributed by atoms with van der Waals surface area (Å²) >= 11 is 11.9. The fourth-order valence-corrected chi connectivity index (χ4v) is 6.55. The van der Waals surface area contributed by atoms with Gasteiger partial charge in [-0.25, -0.2) is 8.78 Å². The molecule has 2 aliphatic heterocycles. The van der Waals surface area contributed by atoms with E-state index in [1.165, 1.54) is 18.2 Å². The molecular weight excluding hydrogens is 547 g/mol. The van der Waals surface area contributed by atoms with Crippen molar-refractivity contribution in [2.75, 3.05) is 12.0 Å². The zero-order chi connectivity index (χ0) is 28.9. The molecular formula is C29H35Cl2F2N3O3. The Morgan fingerprint density at radius 2 is 2.00 bits per heavy atom. The highest BCUT2D eigenvalue weighted by molar-refractivity contribution is 6.31. The summed E-state index contributed by atoms with van der Waals surface area (Å²) < 4.78 is 28.1. The monoisotopic (exact) mass is 581 g/mol. The summed E-state index contributed by atoms with van der Waals surface area (Å²) in [5, 5.41) is 19.1. The summed E-state index contributed by atoms with van der Waals surface area (Å²) in [5.41, 5.74) is -1.70. The molecule has 212 valence electrons. The van der Waals surface area contributed by atoms with Gasteiger partial charge in [0.2, 0.25) is 11.8 Å². The largest absolute Gasteiger partial charge is 0.390 e. The Balaban J connectivity index is 1.85. The topological polar surface area (TPSA) is 90.5 Å². The third kappa shape index (κ3) is 5.53. The standard InChI is InChI=1S/C29H35Cl2F2N3O3/c1-15(7-6-8-16(30)14-32)21-24(25(37)34-17-11-28(5,39)12-17)35-20(13-27(2,3)4)29(21)18-9-10-19(31)22(33)23(18)36-26(29)38/h6-10,17,20-21,24,35,39H,1,11-14H2,2-5H3,(H,34,37)(H,36,38)/b7-6-,16-8+/t17?,20-,21-,24+,28?,29+/m0/s1. The van der Waals surface area contributed by atoms with Gasteiger partial charge >= 0.3 is 0 Å². The van der Waals surface area contributed by atoms with Crippen LogP contribution in [0.4, 0.5) is 14.5 Å². The Morgan fingerprint density at radius 3 is 2.59 bits per heavy atom. The first-order chi connectivity index (χ1) is 18.1. The lowest BCUT2D eigenvalue weighted by molar-refractivity contribution is -0.127. The molecule has 1 aliphatic carbocycles. The quantitative estimate of drug-likeness (QED) is 0.329. The highest BCUT2D eigenvalue weighted by Crippen LogP contribution is 2.55. The number of halogens is 4. The molecule has 0 bridgehead atoms. The van der Waals surface area contributed by atoms with Crippen LogP contribution in [0.1, 0.15) is 52.5 Å². The Labute approximate surface area is 237 Å². The lowest BCUT2D eigenvalue weighted by atomic mass is 9.62. The van der Waals surface area contributed by atoms with Crippen molar-refractivity contribution in [3.8, 4) is 0 Å². The molecule has 1 aromatic carbocycles. The van der Waals surface area contributed by atoms with Crippen LogP contribution in [0.15, 0.2) is 47.5 Å². The summed E-state index contributed by atoms with van der Waals surface area (Å²) in [4.78, 5) is 27.8. The van der Waals surface area contributed by atoms with Gasteiger partial charge in [-0.1, -0.05) is 68.8 Å². The number of fused-ring (bicyclic) bond motifs is 2. The minimum absolute atomic E-state index is 0.00791. The second-order valence-electron chi connectivity index (χ2n) is 12.3. The molecule has 2 fully saturated rings. The van der Waals surface area contributed by atoms with E-state index in [-0.39, 0.29) is 33.1 Å². The minimum atomic E-state index is -1.39. The van der Waals surface area contributed by atoms with Gasteiger partial charge in [0.1, 0.15) is 12.1 Å². The van der Waals surface area contributed by atoms with Crippen LogP contribution in [0, 0.1) is 17.2 Å². The number of aliphatic hydroxyl groups is 1. The molecule has 1 aromatic rings. The van der Waals surface area contributed by atoms with Crippen LogP contribution >= 0.6 is 23.2 Å². The first kappa shape index (κ1) is 29.7. The van der Waals surface area contributed by atoms with Gasteiger partial charge in [-0.05, 0) is 54.9 Å². The summed E-state index contributed by atoms with van der Waals surface area (Å²) in [6, 6.07) is 1.35. The fraction of sp³-hybridized carbons (Fsp3) is 0.517. The van der Waals surface area contributed by atoms with E-state index in [9.17, 15) is 19.1 Å². The molecule has 1 saturated carbocycles. The van der Waals surface area contributed by atoms with Gasteiger partial charge in [-0.2, -0.15) is 0 Å². The molecule has 4 atom stereocenters. The summed E-state index contributed by atoms with van der Waals surface area (Å²) in [5.74, 6) is -2.38. The van der Waals surface area contributed by atoms with Crippen molar-refractivity contribution < 1.29 is 23.5 Å². The third-order valence-corrected chi connectivity index (χ3v) is 8.36. The molecule has 39 heavy (non-hydrogen) atoms. The van der Waals surface area contributed by atoms with Crippen LogP contribution < -0.4 is 16.0 Å². The van der Waals surface area contributed by atoms with E-state index in [1.54, 1.807) is 19.1 Å². The molecule has 3 aliphatic rings. The lowest BCUT2D eigenvalue weighted by Crippen LogP contribution is -2.57. The number of hydrogen-bond acceptors (Lipinski definition) is 4. The van der Waals surface area contributed by atoms with Gasteiger partial charge < -0.3 is 21.1 Å². The number of rotatable bonds is 7. The van der Waals surface area contributed by atoms with Crippen molar-refractivity contribution in [3.63, 3.8) is 0 Å². The molecule has 0 aromatic heterocycles. The minimum Gasteiger partial charge on any atom is -0.390 e. The van der Waals surface area contributed by atoms with Crippen LogP contribution in [0.25, 0.3) is 0 Å². The predicted octanol–water partition coefficient (Wildman–Crippen LogP) is 5.30. The molecule has 4 rings (SSSR count). The van der Waals surface area contributed by atoms with E-state index in [0.29, 0.717) is 30.4 Å². The third-order valence-electron chi connectivity index (χ3n) is 7.84. The maximum Gasteiger partial charge on any atom is 0.238 e. The van der Waals surface area contributed by atoms with Crippen LogP contribution in [0.3, 0.4) is 0 Å². The van der Waals surface area contributed by atoms with Crippen LogP contribution in [0.2, 0.25) is 5.02 Å². The van der Waals surface area contributed by atoms with E-state index < -0.39 is 47.4 Å². The van der Waals surface area contributed by atoms with Crippen molar-refractivity contribution in [2.45, 2.75) is 76.1 Å². The SMILES string of the molecule is C=C(/C=C\C=C(\Cl)CF)[C@H]1[C@H](C(=O)NC2CC(C)(O)C2)N[C@@H](CC(C)(C)C)[C@@]12C(=O)Nc1c2ccc(Cl)c1F. The summed E-state index contributed by atoms with van der Waals surface area (Å²) in [7, 11) is 0. The van der Waals surface area contributed by atoms with Crippen molar-refractivity contribution in [1.82, 2.24) is 10.6 Å². The average molecular weight is 583 g/mol. The van der Waals surface area contributed by atoms with E-state index in [0.717, 1.165) is 0 Å². The Morgan fingerprint density at radius 1 is 1.33 bits per heavy atom. The number of amides is 2. The van der Waals surface area contributed by atoms with E-state index in [1.807, 2.05) is 20.8 Å². The number of nitrogens with one attached hydrogen (secondary N) is 3. The first-order valence-electron chi connectivity index (χ1n) is 13.0. The molecule has 6 nitrogen and oxygen atoms in total. The maximum atomic E-state index is 15.2. The number of alkyl halides is 1. The van der Waals surface area contributed by atoms with Crippen molar-refractivity contribution in [1.29, 1.82) is 0 Å². The van der Waals surface area contributed by atoms with Gasteiger partial charge in [-0.15, -0.1) is 0 Å². The van der Waals surface area contributed by atoms with E-state index >= 15 is 4.39 Å². The Kier molecular flexibility index (Phi) is 8.09. The molecule has 2 amide bonds. The number of benzene rings is 1. The zero-order valence-corrected chi connectivity index (χ0v) is 24.0. The molecule has 0 unspecified atom stereocenters. The molecule has 2 heterocycles. The molecule has 1 spiro atoms. The highest BCUT2D eigenvalue weighted by atomic mass is 35.5. The molecule has 1 saturated heterocycles. The van der Waals surface area contributed by atoms with Gasteiger partial charge in [0.25, 0.3) is 0 Å². The normalized spacial score (nSPS) is 32.3. The average Bonchev–Trinajstić information content (AvgIpc) is 3.30. The van der Waals surface area contributed by atoms with Crippen LogP contribution in [0.5, 0.6) is 0 Å². The Hall–Kier alpha value is -2.26. The second kappa shape index (κ2) is 10.6. The first-order valence-corrected chi connectivity index (χ1v) is 13.7. The second-order valence-corrected chi connectivity index (χ2v) is 13.2. The summed E-state index contributed by atoms with van der Waals surface area (Å²) in [6.45, 7) is 11.2. The van der Waals surface area contributed by atoms with E-state index in [4.69, 9.17) is 23.2 Å². The smallest absolute Gasteiger partial charge is 0.238 e. The zero-order valence-electron chi connectivity index (χ0n) is 22.5. The van der Waals surface area contributed by atoms with Crippen LogP contribution in [-0.4, -0.2) is 47.3 Å². The van der Waals surface area contributed by atoms with Crippen molar-refractivity contribution in [2.24, 2.45) is 11.3 Å². The molecule has 10 heteroatoms. The lowest BCUT2D eigenvalue weighted by Gasteiger charge is -2.42. The maximum absolute atomic E-state index is 15.2. The Bertz CT molecular complexity index is 1250. The number of carbonyl (C=O) groups is 2. The molecule has 4 N–H and O–H groups in total. The number of carbonyl (C=O) groups excluding carboxylic acids is 2.